The van der Waals surface area contributed by atoms with Crippen LogP contribution in [0.25, 0.3) is 0 Å². The molecule has 9 heteroatoms. The molecule has 0 saturated heterocycles. The Morgan fingerprint density at radius 2 is 1.83 bits per heavy atom. The van der Waals surface area contributed by atoms with Crippen LogP contribution in [0.5, 0.6) is 0 Å². The minimum Gasteiger partial charge on any atom is -0.325 e. The molecule has 0 fully saturated rings. The summed E-state index contributed by atoms with van der Waals surface area (Å²) in [6, 6.07) is 13.5. The number of nitrogens with one attached hydrogen (secondary N) is 2. The Labute approximate surface area is 148 Å². The van der Waals surface area contributed by atoms with E-state index in [0.29, 0.717) is 10.6 Å². The van der Waals surface area contributed by atoms with Crippen LogP contribution in [-0.2, 0) is 14.8 Å². The van der Waals surface area contributed by atoms with E-state index in [0.717, 1.165) is 0 Å². The number of anilines is 1. The van der Waals surface area contributed by atoms with Crippen LogP contribution >= 0.6 is 35.1 Å². The molecule has 0 atom stereocenters. The second kappa shape index (κ2) is 8.03. The lowest BCUT2D eigenvalue weighted by molar-refractivity contribution is -0.113. The van der Waals surface area contributed by atoms with Gasteiger partial charge in [-0.2, -0.15) is 0 Å². The van der Waals surface area contributed by atoms with Gasteiger partial charge in [-0.15, -0.1) is 16.0 Å². The summed E-state index contributed by atoms with van der Waals surface area (Å²) in [5.41, 5.74) is 0.714. The van der Waals surface area contributed by atoms with E-state index in [9.17, 15) is 13.2 Å². The summed E-state index contributed by atoms with van der Waals surface area (Å²) < 4.78 is 24.9. The smallest absolute Gasteiger partial charge is 0.255 e. The van der Waals surface area contributed by atoms with Crippen molar-refractivity contribution in [3.8, 4) is 0 Å². The summed E-state index contributed by atoms with van der Waals surface area (Å²) in [4.78, 5) is 12.4. The van der Waals surface area contributed by atoms with Crippen molar-refractivity contribution in [1.29, 1.82) is 0 Å². The predicted octanol–water partition coefficient (Wildman–Crippen LogP) is 3.50. The van der Waals surface area contributed by atoms with Gasteiger partial charge in [-0.1, -0.05) is 29.8 Å². The number of carbonyl (C=O) groups is 1. The summed E-state index contributed by atoms with van der Waals surface area (Å²) in [5, 5.41) is 2.79. The second-order valence-corrected chi connectivity index (χ2v) is 7.90. The maximum absolute atomic E-state index is 11.9. The molecule has 0 aliphatic rings. The van der Waals surface area contributed by atoms with Crippen LogP contribution in [0.3, 0.4) is 0 Å². The Balaban J connectivity index is 1.99. The average Bonchev–Trinajstić information content (AvgIpc) is 2.53. The standard InChI is InChI=1S/C14H12Cl2N2O3S2/c15-12-8-11(6-7-13(12)23(20,21)18-16)22-9-14(19)17-10-4-2-1-3-5-10/h1-8,18H,9H2,(H,17,19). The first kappa shape index (κ1) is 18.1. The van der Waals surface area contributed by atoms with Crippen LogP contribution in [0.4, 0.5) is 5.69 Å². The Hall–Kier alpha value is -1.25. The van der Waals surface area contributed by atoms with Crippen LogP contribution in [0.15, 0.2) is 58.3 Å². The van der Waals surface area contributed by atoms with Crippen LogP contribution in [0, 0.1) is 0 Å². The van der Waals surface area contributed by atoms with Crippen LogP contribution in [0.2, 0.25) is 5.02 Å². The first-order chi connectivity index (χ1) is 10.9. The monoisotopic (exact) mass is 390 g/mol. The zero-order valence-electron chi connectivity index (χ0n) is 11.6. The largest absolute Gasteiger partial charge is 0.325 e. The third-order valence-electron chi connectivity index (χ3n) is 2.72. The van der Waals surface area contributed by atoms with Gasteiger partial charge in [-0.05, 0) is 42.1 Å². The molecule has 5 nitrogen and oxygen atoms in total. The lowest BCUT2D eigenvalue weighted by atomic mass is 10.3. The van der Waals surface area contributed by atoms with Crippen molar-refractivity contribution >= 4 is 56.8 Å². The summed E-state index contributed by atoms with van der Waals surface area (Å²) in [6.07, 6.45) is 0. The average molecular weight is 391 g/mol. The molecule has 0 aliphatic carbocycles. The van der Waals surface area contributed by atoms with Gasteiger partial charge >= 0.3 is 0 Å². The third kappa shape index (κ3) is 5.12. The molecule has 0 aliphatic heterocycles. The topological polar surface area (TPSA) is 75.3 Å². The van der Waals surface area contributed by atoms with Gasteiger partial charge < -0.3 is 5.32 Å². The van der Waals surface area contributed by atoms with Crippen molar-refractivity contribution in [1.82, 2.24) is 4.24 Å². The van der Waals surface area contributed by atoms with Gasteiger partial charge in [0.2, 0.25) is 5.91 Å². The zero-order chi connectivity index (χ0) is 16.9. The van der Waals surface area contributed by atoms with Gasteiger partial charge in [0.05, 0.1) is 10.8 Å². The minimum atomic E-state index is -3.82. The van der Waals surface area contributed by atoms with Crippen LogP contribution in [-0.4, -0.2) is 20.1 Å². The van der Waals surface area contributed by atoms with Crippen LogP contribution in [0.1, 0.15) is 0 Å². The van der Waals surface area contributed by atoms with E-state index in [1.54, 1.807) is 22.4 Å². The molecule has 2 aromatic carbocycles. The summed E-state index contributed by atoms with van der Waals surface area (Å²) >= 11 is 12.4. The van der Waals surface area contributed by atoms with Crippen molar-refractivity contribution in [2.75, 3.05) is 11.1 Å². The number of amides is 1. The van der Waals surface area contributed by atoms with E-state index < -0.39 is 10.0 Å². The third-order valence-corrected chi connectivity index (χ3v) is 5.89. The van der Waals surface area contributed by atoms with E-state index in [1.807, 2.05) is 18.2 Å². The summed E-state index contributed by atoms with van der Waals surface area (Å²) in [7, 11) is -3.82. The van der Waals surface area contributed by atoms with Gasteiger partial charge in [0.15, 0.2) is 0 Å². The van der Waals surface area contributed by atoms with E-state index in [2.05, 4.69) is 5.32 Å². The highest BCUT2D eigenvalue weighted by molar-refractivity contribution is 8.00. The molecular weight excluding hydrogens is 379 g/mol. The number of benzene rings is 2. The van der Waals surface area contributed by atoms with Gasteiger partial charge in [-0.25, -0.2) is 8.42 Å². The zero-order valence-corrected chi connectivity index (χ0v) is 14.8. The van der Waals surface area contributed by atoms with Crippen molar-refractivity contribution in [3.63, 3.8) is 0 Å². The Morgan fingerprint density at radius 1 is 1.13 bits per heavy atom. The summed E-state index contributed by atoms with van der Waals surface area (Å²) in [6.45, 7) is 0. The molecule has 0 bridgehead atoms. The number of halogens is 2. The number of para-hydroxylation sites is 1. The van der Waals surface area contributed by atoms with E-state index in [-0.39, 0.29) is 21.6 Å². The quantitative estimate of drug-likeness (QED) is 0.584. The molecule has 23 heavy (non-hydrogen) atoms. The minimum absolute atomic E-state index is 0.0339. The number of hydrogen-bond acceptors (Lipinski definition) is 4. The summed E-state index contributed by atoms with van der Waals surface area (Å²) in [5.74, 6) is 0.00174. The number of sulfonamides is 1. The lowest BCUT2D eigenvalue weighted by Gasteiger charge is -2.07. The fraction of sp³-hybridized carbons (Fsp3) is 0.0714. The highest BCUT2D eigenvalue weighted by Gasteiger charge is 2.17. The molecule has 2 rings (SSSR count). The number of carbonyl (C=O) groups excluding carboxylic acids is 1. The SMILES string of the molecule is O=C(CSc1ccc(S(=O)(=O)NCl)c(Cl)c1)Nc1ccccc1. The van der Waals surface area contributed by atoms with Crippen LogP contribution < -0.4 is 9.56 Å². The molecule has 0 heterocycles. The van der Waals surface area contributed by atoms with Gasteiger partial charge in [-0.3, -0.25) is 4.79 Å². The molecule has 0 unspecified atom stereocenters. The van der Waals surface area contributed by atoms with Gasteiger partial charge in [0.25, 0.3) is 10.0 Å². The highest BCUT2D eigenvalue weighted by atomic mass is 35.5. The normalized spacial score (nSPS) is 11.2. The Kier molecular flexibility index (Phi) is 6.32. The van der Waals surface area contributed by atoms with Gasteiger partial charge in [0.1, 0.15) is 4.90 Å². The van der Waals surface area contributed by atoms with Crippen molar-refractivity contribution < 1.29 is 13.2 Å². The van der Waals surface area contributed by atoms with Crippen molar-refractivity contribution in [3.05, 3.63) is 53.6 Å². The first-order valence-corrected chi connectivity index (χ1v) is 9.54. The number of thioether (sulfide) groups is 1. The molecular formula is C14H12Cl2N2O3S2. The predicted molar refractivity (Wildman–Crippen MR) is 93.4 cm³/mol. The van der Waals surface area contributed by atoms with E-state index in [1.165, 1.54) is 23.9 Å². The molecule has 0 radical (unpaired) electrons. The number of rotatable bonds is 6. The highest BCUT2D eigenvalue weighted by Crippen LogP contribution is 2.28. The van der Waals surface area contributed by atoms with Crippen molar-refractivity contribution in [2.45, 2.75) is 9.79 Å². The Bertz CT molecular complexity index is 799. The molecule has 0 spiro atoms. The molecule has 2 N–H and O–H groups in total. The first-order valence-electron chi connectivity index (χ1n) is 6.32. The molecule has 122 valence electrons. The number of hydrogen-bond donors (Lipinski definition) is 2. The second-order valence-electron chi connectivity index (χ2n) is 4.38. The maximum atomic E-state index is 11.9. The van der Waals surface area contributed by atoms with E-state index in [4.69, 9.17) is 23.4 Å². The van der Waals surface area contributed by atoms with Crippen molar-refractivity contribution in [2.24, 2.45) is 0 Å². The van der Waals surface area contributed by atoms with E-state index >= 15 is 0 Å². The molecule has 0 aromatic heterocycles. The fourth-order valence-corrected chi connectivity index (χ4v) is 3.88. The van der Waals surface area contributed by atoms with Gasteiger partial charge in [0, 0.05) is 10.6 Å². The molecule has 0 saturated carbocycles. The molecule has 1 amide bonds. The molecule has 2 aromatic rings. The lowest BCUT2D eigenvalue weighted by Crippen LogP contribution is -2.14. The Morgan fingerprint density at radius 3 is 2.43 bits per heavy atom. The fourth-order valence-electron chi connectivity index (χ4n) is 1.70. The maximum Gasteiger partial charge on any atom is 0.255 e.